The zero-order valence-electron chi connectivity index (χ0n) is 15.8. The molecule has 1 atom stereocenters. The van der Waals surface area contributed by atoms with Gasteiger partial charge in [-0.15, -0.1) is 24.0 Å². The van der Waals surface area contributed by atoms with Gasteiger partial charge in [0.15, 0.2) is 5.96 Å². The SMILES string of the molecule is CCNC(=NCC(C)Oc1cccc(Cl)c1)NCCCOCCOC.I. The standard InChI is InChI=1S/C18H30ClN3O3.HI/c1-4-20-18(21-9-6-10-24-12-11-23-3)22-14-15(2)25-17-8-5-7-16(19)13-17;/h5,7-8,13,15H,4,6,9-12,14H2,1-3H3,(H2,20,21,22);1H. The van der Waals surface area contributed by atoms with Crippen LogP contribution >= 0.6 is 35.6 Å². The highest BCUT2D eigenvalue weighted by atomic mass is 127. The summed E-state index contributed by atoms with van der Waals surface area (Å²) in [6, 6.07) is 7.38. The number of rotatable bonds is 12. The molecule has 6 nitrogen and oxygen atoms in total. The fourth-order valence-electron chi connectivity index (χ4n) is 2.00. The highest BCUT2D eigenvalue weighted by Gasteiger charge is 2.05. The second-order valence-corrected chi connectivity index (χ2v) is 5.93. The molecule has 8 heteroatoms. The van der Waals surface area contributed by atoms with Crippen LogP contribution in [0.15, 0.2) is 29.3 Å². The van der Waals surface area contributed by atoms with Crippen molar-refractivity contribution in [2.75, 3.05) is 46.6 Å². The lowest BCUT2D eigenvalue weighted by Gasteiger charge is -2.15. The molecule has 0 aromatic heterocycles. The Hall–Kier alpha value is -0.770. The quantitative estimate of drug-likeness (QED) is 0.200. The molecular formula is C18H31ClIN3O3. The molecule has 0 aliphatic carbocycles. The zero-order valence-corrected chi connectivity index (χ0v) is 18.9. The summed E-state index contributed by atoms with van der Waals surface area (Å²) in [6.45, 7) is 8.12. The molecule has 0 amide bonds. The number of benzene rings is 1. The summed E-state index contributed by atoms with van der Waals surface area (Å²) in [5.74, 6) is 1.53. The number of halogens is 2. The van der Waals surface area contributed by atoms with E-state index < -0.39 is 0 Å². The summed E-state index contributed by atoms with van der Waals surface area (Å²) in [5.41, 5.74) is 0. The van der Waals surface area contributed by atoms with Gasteiger partial charge in [0.2, 0.25) is 0 Å². The fraction of sp³-hybridized carbons (Fsp3) is 0.611. The van der Waals surface area contributed by atoms with E-state index in [1.54, 1.807) is 13.2 Å². The van der Waals surface area contributed by atoms with Crippen LogP contribution in [0.2, 0.25) is 5.02 Å². The summed E-state index contributed by atoms with van der Waals surface area (Å²) in [5, 5.41) is 7.18. The lowest BCUT2D eigenvalue weighted by Crippen LogP contribution is -2.38. The van der Waals surface area contributed by atoms with Crippen molar-refractivity contribution < 1.29 is 14.2 Å². The van der Waals surface area contributed by atoms with Crippen LogP contribution in [-0.2, 0) is 9.47 Å². The average molecular weight is 500 g/mol. The van der Waals surface area contributed by atoms with E-state index in [0.29, 0.717) is 31.4 Å². The first kappa shape index (κ1) is 25.2. The number of aliphatic imine (C=N–C) groups is 1. The zero-order chi connectivity index (χ0) is 18.3. The molecule has 0 fully saturated rings. The Labute approximate surface area is 179 Å². The molecule has 0 aliphatic heterocycles. The van der Waals surface area contributed by atoms with Crippen molar-refractivity contribution >= 4 is 41.5 Å². The van der Waals surface area contributed by atoms with Crippen molar-refractivity contribution in [2.24, 2.45) is 4.99 Å². The van der Waals surface area contributed by atoms with Crippen LogP contribution in [0.25, 0.3) is 0 Å². The molecule has 0 heterocycles. The Bertz CT molecular complexity index is 506. The Morgan fingerprint density at radius 1 is 1.23 bits per heavy atom. The molecule has 1 aromatic carbocycles. The molecule has 0 saturated heterocycles. The molecule has 0 bridgehead atoms. The van der Waals surface area contributed by atoms with Gasteiger partial charge in [0.1, 0.15) is 11.9 Å². The van der Waals surface area contributed by atoms with E-state index in [-0.39, 0.29) is 30.1 Å². The van der Waals surface area contributed by atoms with E-state index in [2.05, 4.69) is 15.6 Å². The topological polar surface area (TPSA) is 64.1 Å². The smallest absolute Gasteiger partial charge is 0.191 e. The van der Waals surface area contributed by atoms with E-state index in [9.17, 15) is 0 Å². The number of hydrogen-bond donors (Lipinski definition) is 2. The molecule has 0 radical (unpaired) electrons. The first-order valence-corrected chi connectivity index (χ1v) is 9.04. The van der Waals surface area contributed by atoms with Crippen molar-refractivity contribution in [1.82, 2.24) is 10.6 Å². The normalized spacial score (nSPS) is 12.2. The molecule has 2 N–H and O–H groups in total. The first-order valence-electron chi connectivity index (χ1n) is 8.66. The summed E-state index contributed by atoms with van der Waals surface area (Å²) < 4.78 is 16.2. The Morgan fingerprint density at radius 3 is 2.73 bits per heavy atom. The van der Waals surface area contributed by atoms with Crippen LogP contribution in [0.1, 0.15) is 20.3 Å². The monoisotopic (exact) mass is 499 g/mol. The minimum absolute atomic E-state index is 0. The number of nitrogens with zero attached hydrogens (tertiary/aromatic N) is 1. The van der Waals surface area contributed by atoms with Crippen molar-refractivity contribution in [3.63, 3.8) is 0 Å². The number of hydrogen-bond acceptors (Lipinski definition) is 4. The van der Waals surface area contributed by atoms with Crippen LogP contribution in [0.4, 0.5) is 0 Å². The molecular weight excluding hydrogens is 469 g/mol. The Morgan fingerprint density at radius 2 is 2.04 bits per heavy atom. The number of ether oxygens (including phenoxy) is 3. The summed E-state index contributed by atoms with van der Waals surface area (Å²) >= 11 is 5.96. The predicted molar refractivity (Wildman–Crippen MR) is 118 cm³/mol. The van der Waals surface area contributed by atoms with Crippen LogP contribution in [0, 0.1) is 0 Å². The van der Waals surface area contributed by atoms with Crippen molar-refractivity contribution in [1.29, 1.82) is 0 Å². The van der Waals surface area contributed by atoms with Gasteiger partial charge in [-0.25, -0.2) is 4.99 Å². The van der Waals surface area contributed by atoms with Crippen LogP contribution < -0.4 is 15.4 Å². The predicted octanol–water partition coefficient (Wildman–Crippen LogP) is 3.33. The van der Waals surface area contributed by atoms with Crippen molar-refractivity contribution in [3.8, 4) is 5.75 Å². The lowest BCUT2D eigenvalue weighted by molar-refractivity contribution is 0.0698. The average Bonchev–Trinajstić information content (AvgIpc) is 2.58. The Kier molecular flexibility index (Phi) is 15.9. The van der Waals surface area contributed by atoms with Crippen LogP contribution in [0.3, 0.4) is 0 Å². The molecule has 150 valence electrons. The molecule has 0 saturated carbocycles. The molecule has 0 aliphatic rings. The number of nitrogens with one attached hydrogen (secondary N) is 2. The fourth-order valence-corrected chi connectivity index (χ4v) is 2.18. The van der Waals surface area contributed by atoms with Gasteiger partial charge in [-0.3, -0.25) is 0 Å². The van der Waals surface area contributed by atoms with Gasteiger partial charge >= 0.3 is 0 Å². The highest BCUT2D eigenvalue weighted by molar-refractivity contribution is 14.0. The minimum Gasteiger partial charge on any atom is -0.489 e. The first-order chi connectivity index (χ1) is 12.2. The third kappa shape index (κ3) is 12.6. The summed E-state index contributed by atoms with van der Waals surface area (Å²) in [7, 11) is 1.67. The second kappa shape index (κ2) is 16.4. The van der Waals surface area contributed by atoms with E-state index in [1.165, 1.54) is 0 Å². The molecule has 1 unspecified atom stereocenters. The van der Waals surface area contributed by atoms with E-state index in [4.69, 9.17) is 25.8 Å². The van der Waals surface area contributed by atoms with Crippen molar-refractivity contribution in [3.05, 3.63) is 29.3 Å². The number of guanidine groups is 1. The van der Waals surface area contributed by atoms with E-state index in [1.807, 2.05) is 32.0 Å². The van der Waals surface area contributed by atoms with Gasteiger partial charge < -0.3 is 24.8 Å². The Balaban J connectivity index is 0.00000625. The van der Waals surface area contributed by atoms with E-state index in [0.717, 1.165) is 31.2 Å². The van der Waals surface area contributed by atoms with E-state index >= 15 is 0 Å². The van der Waals surface area contributed by atoms with Gasteiger partial charge in [0.05, 0.1) is 19.8 Å². The third-order valence-corrected chi connectivity index (χ3v) is 3.41. The van der Waals surface area contributed by atoms with Gasteiger partial charge in [-0.05, 0) is 38.5 Å². The van der Waals surface area contributed by atoms with Crippen LogP contribution in [0.5, 0.6) is 5.75 Å². The summed E-state index contributed by atoms with van der Waals surface area (Å²) in [4.78, 5) is 4.55. The molecule has 1 rings (SSSR count). The number of methoxy groups -OCH3 is 1. The lowest BCUT2D eigenvalue weighted by atomic mass is 10.3. The third-order valence-electron chi connectivity index (χ3n) is 3.17. The van der Waals surface area contributed by atoms with Gasteiger partial charge in [0, 0.05) is 31.8 Å². The molecule has 1 aromatic rings. The highest BCUT2D eigenvalue weighted by Crippen LogP contribution is 2.18. The minimum atomic E-state index is -0.0497. The van der Waals surface area contributed by atoms with Crippen molar-refractivity contribution in [2.45, 2.75) is 26.4 Å². The molecule has 0 spiro atoms. The van der Waals surface area contributed by atoms with Gasteiger partial charge in [-0.1, -0.05) is 17.7 Å². The van der Waals surface area contributed by atoms with Gasteiger partial charge in [-0.2, -0.15) is 0 Å². The maximum absolute atomic E-state index is 5.96. The van der Waals surface area contributed by atoms with Crippen LogP contribution in [-0.4, -0.2) is 58.6 Å². The second-order valence-electron chi connectivity index (χ2n) is 5.49. The molecule has 26 heavy (non-hydrogen) atoms. The maximum atomic E-state index is 5.96. The maximum Gasteiger partial charge on any atom is 0.191 e. The van der Waals surface area contributed by atoms with Gasteiger partial charge in [0.25, 0.3) is 0 Å². The summed E-state index contributed by atoms with van der Waals surface area (Å²) in [6.07, 6.45) is 0.856. The largest absolute Gasteiger partial charge is 0.489 e.